The van der Waals surface area contributed by atoms with E-state index in [9.17, 15) is 4.39 Å². The lowest BCUT2D eigenvalue weighted by molar-refractivity contribution is 0.212. The monoisotopic (exact) mass is 267 g/mol. The predicted octanol–water partition coefficient (Wildman–Crippen LogP) is 3.82. The number of hydrogen-bond donors (Lipinski definition) is 0. The van der Waals surface area contributed by atoms with Gasteiger partial charge < -0.3 is 0 Å². The molecule has 0 N–H and O–H groups in total. The zero-order valence-electron chi connectivity index (χ0n) is 8.26. The SMILES string of the molecule is N#CC1(Cc2cc(Br)ccc2F)CCC1. The molecule has 78 valence electrons. The molecule has 1 aliphatic rings. The first-order valence-electron chi connectivity index (χ1n) is 5.00. The minimum absolute atomic E-state index is 0.209. The normalized spacial score (nSPS) is 17.9. The van der Waals surface area contributed by atoms with Crippen LogP contribution < -0.4 is 0 Å². The van der Waals surface area contributed by atoms with Crippen LogP contribution in [-0.2, 0) is 6.42 Å². The smallest absolute Gasteiger partial charge is 0.126 e. The van der Waals surface area contributed by atoms with Crippen LogP contribution in [0.2, 0.25) is 0 Å². The molecule has 0 bridgehead atoms. The van der Waals surface area contributed by atoms with Crippen molar-refractivity contribution in [3.8, 4) is 6.07 Å². The van der Waals surface area contributed by atoms with Gasteiger partial charge in [-0.25, -0.2) is 4.39 Å². The minimum atomic E-state index is -0.304. The van der Waals surface area contributed by atoms with Crippen molar-refractivity contribution in [2.45, 2.75) is 25.7 Å². The number of rotatable bonds is 2. The van der Waals surface area contributed by atoms with Crippen LogP contribution >= 0.6 is 15.9 Å². The van der Waals surface area contributed by atoms with Crippen LogP contribution in [-0.4, -0.2) is 0 Å². The highest BCUT2D eigenvalue weighted by Crippen LogP contribution is 2.43. The number of nitrogens with zero attached hydrogens (tertiary/aromatic N) is 1. The molecule has 2 rings (SSSR count). The standard InChI is InChI=1S/C12H11BrFN/c13-10-2-3-11(14)9(6-10)7-12(8-15)4-1-5-12/h2-3,6H,1,4-5,7H2. The molecule has 0 heterocycles. The van der Waals surface area contributed by atoms with Crippen molar-refractivity contribution < 1.29 is 4.39 Å². The molecule has 0 saturated heterocycles. The molecule has 0 unspecified atom stereocenters. The van der Waals surface area contributed by atoms with Crippen LogP contribution in [0.1, 0.15) is 24.8 Å². The molecular weight excluding hydrogens is 257 g/mol. The van der Waals surface area contributed by atoms with Crippen molar-refractivity contribution in [3.63, 3.8) is 0 Å². The Balaban J connectivity index is 2.24. The molecule has 1 nitrogen and oxygen atoms in total. The lowest BCUT2D eigenvalue weighted by Crippen LogP contribution is -2.30. The van der Waals surface area contributed by atoms with Gasteiger partial charge in [0, 0.05) is 4.47 Å². The third-order valence-corrected chi connectivity index (χ3v) is 3.58. The topological polar surface area (TPSA) is 23.8 Å². The van der Waals surface area contributed by atoms with E-state index in [0.717, 1.165) is 23.7 Å². The lowest BCUT2D eigenvalue weighted by atomic mass is 9.66. The second-order valence-electron chi connectivity index (χ2n) is 4.16. The lowest BCUT2D eigenvalue weighted by Gasteiger charge is -2.35. The van der Waals surface area contributed by atoms with Crippen LogP contribution in [0.25, 0.3) is 0 Å². The predicted molar refractivity (Wildman–Crippen MR) is 59.7 cm³/mol. The zero-order chi connectivity index (χ0) is 10.9. The molecule has 0 aromatic heterocycles. The Morgan fingerprint density at radius 1 is 1.47 bits per heavy atom. The Hall–Kier alpha value is -0.880. The van der Waals surface area contributed by atoms with E-state index >= 15 is 0 Å². The van der Waals surface area contributed by atoms with Crippen LogP contribution in [0.15, 0.2) is 22.7 Å². The van der Waals surface area contributed by atoms with Crippen molar-refractivity contribution in [3.05, 3.63) is 34.1 Å². The first kappa shape index (κ1) is 10.6. The van der Waals surface area contributed by atoms with E-state index in [-0.39, 0.29) is 11.2 Å². The van der Waals surface area contributed by atoms with Gasteiger partial charge in [-0.1, -0.05) is 22.4 Å². The van der Waals surface area contributed by atoms with Crippen molar-refractivity contribution in [1.82, 2.24) is 0 Å². The Morgan fingerprint density at radius 2 is 2.20 bits per heavy atom. The first-order chi connectivity index (χ1) is 7.15. The number of halogens is 2. The summed E-state index contributed by atoms with van der Waals surface area (Å²) in [7, 11) is 0. The Kier molecular flexibility index (Phi) is 2.79. The molecule has 0 aliphatic heterocycles. The summed E-state index contributed by atoms with van der Waals surface area (Å²) < 4.78 is 14.3. The van der Waals surface area contributed by atoms with Gasteiger partial charge in [0.05, 0.1) is 11.5 Å². The van der Waals surface area contributed by atoms with Gasteiger partial charge in [0.25, 0.3) is 0 Å². The molecule has 0 spiro atoms. The van der Waals surface area contributed by atoms with Gasteiger partial charge in [-0.05, 0) is 43.0 Å². The molecule has 15 heavy (non-hydrogen) atoms. The van der Waals surface area contributed by atoms with E-state index in [0.29, 0.717) is 12.0 Å². The summed E-state index contributed by atoms with van der Waals surface area (Å²) >= 11 is 3.32. The number of nitriles is 1. The van der Waals surface area contributed by atoms with E-state index in [2.05, 4.69) is 22.0 Å². The third-order valence-electron chi connectivity index (χ3n) is 3.08. The van der Waals surface area contributed by atoms with Gasteiger partial charge in [0.2, 0.25) is 0 Å². The second-order valence-corrected chi connectivity index (χ2v) is 5.07. The molecule has 0 atom stereocenters. The summed E-state index contributed by atoms with van der Waals surface area (Å²) in [6, 6.07) is 7.23. The fourth-order valence-electron chi connectivity index (χ4n) is 1.98. The molecule has 1 fully saturated rings. The average molecular weight is 268 g/mol. The maximum Gasteiger partial charge on any atom is 0.126 e. The molecule has 1 aromatic rings. The summed E-state index contributed by atoms with van der Waals surface area (Å²) in [5, 5.41) is 9.07. The molecule has 0 amide bonds. The van der Waals surface area contributed by atoms with Gasteiger partial charge in [-0.3, -0.25) is 0 Å². The molecule has 1 saturated carbocycles. The first-order valence-corrected chi connectivity index (χ1v) is 5.80. The molecule has 1 aliphatic carbocycles. The Labute approximate surface area is 97.0 Å². The quantitative estimate of drug-likeness (QED) is 0.799. The van der Waals surface area contributed by atoms with E-state index < -0.39 is 0 Å². The second kappa shape index (κ2) is 3.94. The maximum absolute atomic E-state index is 13.5. The Bertz CT molecular complexity index is 418. The van der Waals surface area contributed by atoms with Gasteiger partial charge in [0.1, 0.15) is 5.82 Å². The van der Waals surface area contributed by atoms with Gasteiger partial charge >= 0.3 is 0 Å². The van der Waals surface area contributed by atoms with Crippen molar-refractivity contribution in [2.24, 2.45) is 5.41 Å². The van der Waals surface area contributed by atoms with Gasteiger partial charge in [-0.2, -0.15) is 5.26 Å². The van der Waals surface area contributed by atoms with Crippen molar-refractivity contribution in [2.75, 3.05) is 0 Å². The fourth-order valence-corrected chi connectivity index (χ4v) is 2.38. The van der Waals surface area contributed by atoms with Crippen molar-refractivity contribution in [1.29, 1.82) is 5.26 Å². The van der Waals surface area contributed by atoms with Gasteiger partial charge in [-0.15, -0.1) is 0 Å². The molecule has 0 radical (unpaired) electrons. The number of benzene rings is 1. The van der Waals surface area contributed by atoms with Crippen molar-refractivity contribution >= 4 is 15.9 Å². The van der Waals surface area contributed by atoms with E-state index in [1.807, 2.05) is 0 Å². The highest BCUT2D eigenvalue weighted by molar-refractivity contribution is 9.10. The highest BCUT2D eigenvalue weighted by Gasteiger charge is 2.37. The van der Waals surface area contributed by atoms with E-state index in [4.69, 9.17) is 5.26 Å². The zero-order valence-corrected chi connectivity index (χ0v) is 9.85. The fraction of sp³-hybridized carbons (Fsp3) is 0.417. The maximum atomic E-state index is 13.5. The summed E-state index contributed by atoms with van der Waals surface area (Å²) in [6.07, 6.45) is 3.42. The molecule has 3 heteroatoms. The van der Waals surface area contributed by atoms with Crippen LogP contribution in [0.4, 0.5) is 4.39 Å². The van der Waals surface area contributed by atoms with Crippen LogP contribution in [0.5, 0.6) is 0 Å². The highest BCUT2D eigenvalue weighted by atomic mass is 79.9. The van der Waals surface area contributed by atoms with E-state index in [1.54, 1.807) is 12.1 Å². The largest absolute Gasteiger partial charge is 0.207 e. The van der Waals surface area contributed by atoms with Crippen LogP contribution in [0, 0.1) is 22.6 Å². The summed E-state index contributed by atoms with van der Waals surface area (Å²) in [4.78, 5) is 0. The molecular formula is C12H11BrFN. The minimum Gasteiger partial charge on any atom is -0.207 e. The summed E-state index contributed by atoms with van der Waals surface area (Å²) in [5.74, 6) is -0.209. The third kappa shape index (κ3) is 2.05. The average Bonchev–Trinajstić information content (AvgIpc) is 2.17. The van der Waals surface area contributed by atoms with Crippen LogP contribution in [0.3, 0.4) is 0 Å². The number of hydrogen-bond acceptors (Lipinski definition) is 1. The summed E-state index contributed by atoms with van der Waals surface area (Å²) in [6.45, 7) is 0. The summed E-state index contributed by atoms with van der Waals surface area (Å²) in [5.41, 5.74) is 0.340. The van der Waals surface area contributed by atoms with Gasteiger partial charge in [0.15, 0.2) is 0 Å². The Morgan fingerprint density at radius 3 is 2.73 bits per heavy atom. The molecule has 1 aromatic carbocycles. The van der Waals surface area contributed by atoms with E-state index in [1.165, 1.54) is 6.07 Å².